The Morgan fingerprint density at radius 3 is 2.81 bits per heavy atom. The molecule has 2 heterocycles. The molecule has 0 saturated carbocycles. The fourth-order valence-corrected chi connectivity index (χ4v) is 3.64. The number of benzene rings is 1. The molecule has 26 heavy (non-hydrogen) atoms. The summed E-state index contributed by atoms with van der Waals surface area (Å²) in [4.78, 5) is 17.7. The molecule has 4 nitrogen and oxygen atoms in total. The summed E-state index contributed by atoms with van der Waals surface area (Å²) in [5.74, 6) is 1.33. The van der Waals surface area contributed by atoms with Gasteiger partial charge in [0.15, 0.2) is 0 Å². The van der Waals surface area contributed by atoms with Crippen LogP contribution in [0.3, 0.4) is 0 Å². The van der Waals surface area contributed by atoms with E-state index in [1.54, 1.807) is 6.92 Å². The van der Waals surface area contributed by atoms with Crippen molar-refractivity contribution in [3.63, 3.8) is 0 Å². The molecule has 0 unspecified atom stereocenters. The second kappa shape index (κ2) is 8.09. The van der Waals surface area contributed by atoms with E-state index in [0.29, 0.717) is 11.6 Å². The van der Waals surface area contributed by atoms with E-state index < -0.39 is 0 Å². The number of Topliss-reactive ketones (excluding diaryl/α,β-unsaturated/α-hetero) is 1. The molecule has 2 atom stereocenters. The first kappa shape index (κ1) is 18.7. The van der Waals surface area contributed by atoms with E-state index in [4.69, 9.17) is 16.3 Å². The fourth-order valence-electron chi connectivity index (χ4n) is 3.49. The van der Waals surface area contributed by atoms with Gasteiger partial charge in [-0.05, 0) is 49.1 Å². The largest absolute Gasteiger partial charge is 0.489 e. The molecule has 1 aromatic carbocycles. The zero-order valence-corrected chi connectivity index (χ0v) is 16.3. The topological polar surface area (TPSA) is 42.4 Å². The van der Waals surface area contributed by atoms with Crippen molar-refractivity contribution in [2.24, 2.45) is 0 Å². The lowest BCUT2D eigenvalue weighted by Gasteiger charge is -2.21. The number of ether oxygens (including phenoxy) is 1. The third-order valence-electron chi connectivity index (χ3n) is 4.87. The predicted molar refractivity (Wildman–Crippen MR) is 105 cm³/mol. The molecule has 2 aromatic rings. The number of carbonyl (C=O) groups excluding carboxylic acids is 1. The van der Waals surface area contributed by atoms with Gasteiger partial charge in [0.05, 0.1) is 6.54 Å². The van der Waals surface area contributed by atoms with Gasteiger partial charge in [0, 0.05) is 31.3 Å². The number of ketones is 1. The first-order valence-corrected chi connectivity index (χ1v) is 9.43. The quantitative estimate of drug-likeness (QED) is 0.684. The summed E-state index contributed by atoms with van der Waals surface area (Å²) in [6.45, 7) is 7.54. The van der Waals surface area contributed by atoms with E-state index in [1.165, 1.54) is 5.56 Å². The molecule has 0 radical (unpaired) electrons. The molecule has 0 bridgehead atoms. The molecular weight excluding hydrogens is 348 g/mol. The van der Waals surface area contributed by atoms with Gasteiger partial charge >= 0.3 is 0 Å². The summed E-state index contributed by atoms with van der Waals surface area (Å²) in [5, 5.41) is 0.519. The van der Waals surface area contributed by atoms with Crippen LogP contribution >= 0.6 is 11.6 Å². The molecule has 1 aromatic heterocycles. The maximum absolute atomic E-state index is 11.3. The van der Waals surface area contributed by atoms with E-state index in [1.807, 2.05) is 31.3 Å². The molecule has 0 spiro atoms. The second-order valence-corrected chi connectivity index (χ2v) is 7.53. The van der Waals surface area contributed by atoms with Gasteiger partial charge in [-0.3, -0.25) is 0 Å². The van der Waals surface area contributed by atoms with Crippen LogP contribution in [-0.2, 0) is 4.79 Å². The Labute approximate surface area is 160 Å². The van der Waals surface area contributed by atoms with E-state index in [2.05, 4.69) is 28.9 Å². The van der Waals surface area contributed by atoms with E-state index in [-0.39, 0.29) is 17.8 Å². The Balaban J connectivity index is 1.60. The van der Waals surface area contributed by atoms with E-state index in [9.17, 15) is 4.79 Å². The van der Waals surface area contributed by atoms with Gasteiger partial charge in [0.25, 0.3) is 0 Å². The molecule has 5 heteroatoms. The highest BCUT2D eigenvalue weighted by molar-refractivity contribution is 6.29. The van der Waals surface area contributed by atoms with Gasteiger partial charge in [-0.15, -0.1) is 0 Å². The van der Waals surface area contributed by atoms with Crippen molar-refractivity contribution in [1.82, 2.24) is 4.98 Å². The minimum atomic E-state index is 0.154. The maximum atomic E-state index is 11.3. The third-order valence-corrected chi connectivity index (χ3v) is 5.08. The van der Waals surface area contributed by atoms with Crippen LogP contribution in [0.2, 0.25) is 5.15 Å². The molecule has 0 amide bonds. The molecular formula is C21H25ClN2O2. The number of aromatic nitrogens is 1. The number of nitrogens with zero attached hydrogens (tertiary/aromatic N) is 2. The summed E-state index contributed by atoms with van der Waals surface area (Å²) in [6, 6.07) is 10.0. The molecule has 1 aliphatic rings. The van der Waals surface area contributed by atoms with Crippen molar-refractivity contribution >= 4 is 23.1 Å². The highest BCUT2D eigenvalue weighted by Gasteiger charge is 2.25. The van der Waals surface area contributed by atoms with Gasteiger partial charge in [-0.25, -0.2) is 4.98 Å². The summed E-state index contributed by atoms with van der Waals surface area (Å²) in [5.41, 5.74) is 3.42. The predicted octanol–water partition coefficient (Wildman–Crippen LogP) is 4.78. The molecule has 0 N–H and O–H groups in total. The van der Waals surface area contributed by atoms with Crippen molar-refractivity contribution < 1.29 is 9.53 Å². The van der Waals surface area contributed by atoms with Crippen LogP contribution < -0.4 is 9.64 Å². The molecule has 1 saturated heterocycles. The molecule has 1 fully saturated rings. The minimum absolute atomic E-state index is 0.154. The molecule has 1 aliphatic heterocycles. The van der Waals surface area contributed by atoms with Crippen molar-refractivity contribution in [3.05, 3.63) is 52.8 Å². The fraction of sp³-hybridized carbons (Fsp3) is 0.429. The first-order valence-electron chi connectivity index (χ1n) is 9.05. The van der Waals surface area contributed by atoms with Crippen molar-refractivity contribution in [3.8, 4) is 5.75 Å². The Kier molecular flexibility index (Phi) is 5.82. The summed E-state index contributed by atoms with van der Waals surface area (Å²) < 4.78 is 6.16. The molecule has 3 rings (SSSR count). The van der Waals surface area contributed by atoms with Crippen LogP contribution in [0.4, 0.5) is 5.69 Å². The summed E-state index contributed by atoms with van der Waals surface area (Å²) >= 11 is 6.04. The number of rotatable bonds is 6. The van der Waals surface area contributed by atoms with Crippen LogP contribution in [0.1, 0.15) is 43.7 Å². The zero-order chi connectivity index (χ0) is 18.7. The zero-order valence-electron chi connectivity index (χ0n) is 15.5. The molecule has 138 valence electrons. The summed E-state index contributed by atoms with van der Waals surface area (Å²) in [6.07, 6.45) is 3.52. The van der Waals surface area contributed by atoms with Gasteiger partial charge in [0.2, 0.25) is 0 Å². The minimum Gasteiger partial charge on any atom is -0.489 e. The van der Waals surface area contributed by atoms with Crippen molar-refractivity contribution in [2.75, 3.05) is 18.0 Å². The normalized spacial score (nSPS) is 18.0. The number of aryl methyl sites for hydroxylation is 1. The lowest BCUT2D eigenvalue weighted by Crippen LogP contribution is -2.25. The van der Waals surface area contributed by atoms with Gasteiger partial charge in [-0.1, -0.05) is 30.7 Å². The van der Waals surface area contributed by atoms with Crippen LogP contribution in [0.5, 0.6) is 5.75 Å². The Bertz CT molecular complexity index is 776. The lowest BCUT2D eigenvalue weighted by molar-refractivity contribution is -0.117. The number of halogens is 1. The third kappa shape index (κ3) is 4.55. The van der Waals surface area contributed by atoms with Crippen LogP contribution in [-0.4, -0.2) is 30.0 Å². The molecule has 0 aliphatic carbocycles. The number of hydrogen-bond acceptors (Lipinski definition) is 4. The Morgan fingerprint density at radius 1 is 1.38 bits per heavy atom. The average Bonchev–Trinajstić information content (AvgIpc) is 3.05. The van der Waals surface area contributed by atoms with Gasteiger partial charge in [0.1, 0.15) is 22.8 Å². The van der Waals surface area contributed by atoms with Gasteiger partial charge in [-0.2, -0.15) is 0 Å². The highest BCUT2D eigenvalue weighted by atomic mass is 35.5. The van der Waals surface area contributed by atoms with Crippen molar-refractivity contribution in [1.29, 1.82) is 0 Å². The average molecular weight is 373 g/mol. The van der Waals surface area contributed by atoms with Crippen LogP contribution in [0.15, 0.2) is 36.5 Å². The summed E-state index contributed by atoms with van der Waals surface area (Å²) in [7, 11) is 0. The smallest absolute Gasteiger partial charge is 0.131 e. The second-order valence-electron chi connectivity index (χ2n) is 7.14. The van der Waals surface area contributed by atoms with Gasteiger partial charge < -0.3 is 14.4 Å². The maximum Gasteiger partial charge on any atom is 0.131 e. The number of anilines is 1. The van der Waals surface area contributed by atoms with Crippen molar-refractivity contribution in [2.45, 2.75) is 45.6 Å². The lowest BCUT2D eigenvalue weighted by atomic mass is 9.96. The first-order chi connectivity index (χ1) is 12.4. The van der Waals surface area contributed by atoms with Crippen LogP contribution in [0.25, 0.3) is 0 Å². The standard InChI is InChI=1S/C21H25ClN2O2/c1-14(10-16(3)25)17-4-6-18(7-5-17)26-19-8-9-24(13-19)20-11-21(22)23-12-15(20)2/h4-7,11-12,14,19H,8-10,13H2,1-3H3/t14-,19-/m1/s1. The monoisotopic (exact) mass is 372 g/mol. The number of carbonyl (C=O) groups is 1. The van der Waals surface area contributed by atoms with E-state index >= 15 is 0 Å². The van der Waals surface area contributed by atoms with Crippen LogP contribution in [0, 0.1) is 6.92 Å². The SMILES string of the molecule is CC(=O)C[C@@H](C)c1ccc(O[C@@H]2CCN(c3cc(Cl)ncc3C)C2)cc1. The Morgan fingerprint density at radius 2 is 2.12 bits per heavy atom. The van der Waals surface area contributed by atoms with E-state index in [0.717, 1.165) is 36.5 Å². The Hall–Kier alpha value is -2.07. The number of hydrogen-bond donors (Lipinski definition) is 0. The number of pyridine rings is 1. The highest BCUT2D eigenvalue weighted by Crippen LogP contribution is 2.28.